The molecule has 1 aromatic rings. The molecule has 0 unspecified atom stereocenters. The molecule has 20 heavy (non-hydrogen) atoms. The number of urea groups is 1. The minimum absolute atomic E-state index is 0.0997. The number of rotatable bonds is 6. The second kappa shape index (κ2) is 7.53. The van der Waals surface area contributed by atoms with Gasteiger partial charge in [-0.1, -0.05) is 38.8 Å². The Balaban J connectivity index is 2.73. The molecule has 3 N–H and O–H groups in total. The number of nitrogens with one attached hydrogen (secondary N) is 2. The molecule has 110 valence electrons. The molecule has 5 heteroatoms. The molecule has 0 aliphatic heterocycles. The summed E-state index contributed by atoms with van der Waals surface area (Å²) in [5, 5.41) is 14.5. The Morgan fingerprint density at radius 2 is 1.90 bits per heavy atom. The highest BCUT2D eigenvalue weighted by Gasteiger charge is 2.14. The van der Waals surface area contributed by atoms with Crippen molar-refractivity contribution in [2.45, 2.75) is 33.6 Å². The van der Waals surface area contributed by atoms with E-state index in [1.54, 1.807) is 19.1 Å². The van der Waals surface area contributed by atoms with Crippen LogP contribution in [0.1, 0.15) is 42.6 Å². The van der Waals surface area contributed by atoms with Gasteiger partial charge in [0, 0.05) is 6.54 Å². The summed E-state index contributed by atoms with van der Waals surface area (Å²) < 4.78 is 0. The molecule has 0 aliphatic carbocycles. The molecule has 0 heterocycles. The van der Waals surface area contributed by atoms with Crippen molar-refractivity contribution in [2.24, 2.45) is 5.92 Å². The predicted octanol–water partition coefficient (Wildman–Crippen LogP) is 3.25. The molecule has 0 aliphatic rings. The van der Waals surface area contributed by atoms with Crippen molar-refractivity contribution >= 4 is 17.7 Å². The van der Waals surface area contributed by atoms with E-state index < -0.39 is 5.97 Å². The molecule has 0 aromatic heterocycles. The second-order valence-electron chi connectivity index (χ2n) is 4.82. The van der Waals surface area contributed by atoms with Gasteiger partial charge in [-0.05, 0) is 24.5 Å². The summed E-state index contributed by atoms with van der Waals surface area (Å²) in [4.78, 5) is 23.0. The highest BCUT2D eigenvalue weighted by molar-refractivity contribution is 6.00. The third-order valence-electron chi connectivity index (χ3n) is 3.45. The van der Waals surface area contributed by atoms with Crippen molar-refractivity contribution < 1.29 is 14.7 Å². The van der Waals surface area contributed by atoms with Crippen LogP contribution in [-0.2, 0) is 0 Å². The maximum Gasteiger partial charge on any atom is 0.337 e. The van der Waals surface area contributed by atoms with E-state index in [-0.39, 0.29) is 11.6 Å². The summed E-state index contributed by atoms with van der Waals surface area (Å²) in [7, 11) is 0. The summed E-state index contributed by atoms with van der Waals surface area (Å²) in [5.41, 5.74) is 1.17. The summed E-state index contributed by atoms with van der Waals surface area (Å²) >= 11 is 0. The van der Waals surface area contributed by atoms with Gasteiger partial charge in [0.05, 0.1) is 11.3 Å². The highest BCUT2D eigenvalue weighted by Crippen LogP contribution is 2.20. The molecule has 0 fully saturated rings. The topological polar surface area (TPSA) is 78.4 Å². The van der Waals surface area contributed by atoms with Crippen LogP contribution in [0.2, 0.25) is 0 Å². The van der Waals surface area contributed by atoms with Crippen LogP contribution in [0.5, 0.6) is 0 Å². The predicted molar refractivity (Wildman–Crippen MR) is 79.2 cm³/mol. The van der Waals surface area contributed by atoms with Gasteiger partial charge in [0.25, 0.3) is 0 Å². The zero-order chi connectivity index (χ0) is 15.1. The van der Waals surface area contributed by atoms with E-state index in [2.05, 4.69) is 24.5 Å². The SMILES string of the molecule is CCC(CC)CNC(=O)Nc1c(C)cccc1C(=O)O. The second-order valence-corrected chi connectivity index (χ2v) is 4.82. The largest absolute Gasteiger partial charge is 0.478 e. The first-order valence-electron chi connectivity index (χ1n) is 6.87. The molecule has 0 saturated heterocycles. The lowest BCUT2D eigenvalue weighted by Crippen LogP contribution is -2.33. The van der Waals surface area contributed by atoms with Gasteiger partial charge in [0.1, 0.15) is 0 Å². The van der Waals surface area contributed by atoms with Gasteiger partial charge in [0.2, 0.25) is 0 Å². The van der Waals surface area contributed by atoms with Crippen molar-refractivity contribution in [1.82, 2.24) is 5.32 Å². The fraction of sp³-hybridized carbons (Fsp3) is 0.467. The summed E-state index contributed by atoms with van der Waals surface area (Å²) in [5.74, 6) is -0.611. The number of carbonyl (C=O) groups is 2. The van der Waals surface area contributed by atoms with Crippen LogP contribution in [0.25, 0.3) is 0 Å². The molecule has 0 radical (unpaired) electrons. The molecule has 1 aromatic carbocycles. The molecule has 5 nitrogen and oxygen atoms in total. The van der Waals surface area contributed by atoms with Gasteiger partial charge in [-0.2, -0.15) is 0 Å². The lowest BCUT2D eigenvalue weighted by atomic mass is 10.0. The van der Waals surface area contributed by atoms with E-state index in [9.17, 15) is 9.59 Å². The number of carboxylic acid groups (broad SMARTS) is 1. The van der Waals surface area contributed by atoms with E-state index in [1.165, 1.54) is 6.07 Å². The number of hydrogen-bond acceptors (Lipinski definition) is 2. The maximum absolute atomic E-state index is 11.9. The summed E-state index contributed by atoms with van der Waals surface area (Å²) in [6, 6.07) is 4.54. The Morgan fingerprint density at radius 3 is 2.45 bits per heavy atom. The van der Waals surface area contributed by atoms with Crippen LogP contribution < -0.4 is 10.6 Å². The first-order chi connectivity index (χ1) is 9.49. The summed E-state index contributed by atoms with van der Waals surface area (Å²) in [6.45, 7) is 6.52. The van der Waals surface area contributed by atoms with E-state index in [1.807, 2.05) is 0 Å². The van der Waals surface area contributed by atoms with Crippen molar-refractivity contribution in [3.8, 4) is 0 Å². The molecule has 0 saturated carbocycles. The molecular formula is C15H22N2O3. The monoisotopic (exact) mass is 278 g/mol. The lowest BCUT2D eigenvalue weighted by molar-refractivity contribution is 0.0698. The minimum Gasteiger partial charge on any atom is -0.478 e. The van der Waals surface area contributed by atoms with Gasteiger partial charge >= 0.3 is 12.0 Å². The van der Waals surface area contributed by atoms with E-state index in [0.29, 0.717) is 18.2 Å². The number of carbonyl (C=O) groups excluding carboxylic acids is 1. The molecule has 0 spiro atoms. The van der Waals surface area contributed by atoms with Crippen LogP contribution in [-0.4, -0.2) is 23.7 Å². The van der Waals surface area contributed by atoms with Crippen LogP contribution in [0.15, 0.2) is 18.2 Å². The Bertz CT molecular complexity index is 482. The molecule has 0 atom stereocenters. The maximum atomic E-state index is 11.9. The van der Waals surface area contributed by atoms with Gasteiger partial charge in [-0.15, -0.1) is 0 Å². The van der Waals surface area contributed by atoms with E-state index in [0.717, 1.165) is 18.4 Å². The Hall–Kier alpha value is -2.04. The van der Waals surface area contributed by atoms with E-state index in [4.69, 9.17) is 5.11 Å². The van der Waals surface area contributed by atoms with Gasteiger partial charge in [0.15, 0.2) is 0 Å². The normalized spacial score (nSPS) is 10.4. The molecule has 2 amide bonds. The zero-order valence-corrected chi connectivity index (χ0v) is 12.2. The highest BCUT2D eigenvalue weighted by atomic mass is 16.4. The first kappa shape index (κ1) is 16.0. The average molecular weight is 278 g/mol. The number of para-hydroxylation sites is 1. The number of benzene rings is 1. The fourth-order valence-electron chi connectivity index (χ4n) is 1.98. The van der Waals surface area contributed by atoms with Gasteiger partial charge in [-0.25, -0.2) is 9.59 Å². The quantitative estimate of drug-likeness (QED) is 0.747. The van der Waals surface area contributed by atoms with Crippen LogP contribution in [0.3, 0.4) is 0 Å². The Labute approximate surface area is 119 Å². The number of aryl methyl sites for hydroxylation is 1. The van der Waals surface area contributed by atoms with Crippen LogP contribution in [0, 0.1) is 12.8 Å². The van der Waals surface area contributed by atoms with Crippen molar-refractivity contribution in [1.29, 1.82) is 0 Å². The number of hydrogen-bond donors (Lipinski definition) is 3. The van der Waals surface area contributed by atoms with Gasteiger partial charge in [-0.3, -0.25) is 0 Å². The third-order valence-corrected chi connectivity index (χ3v) is 3.45. The number of aromatic carboxylic acids is 1. The fourth-order valence-corrected chi connectivity index (χ4v) is 1.98. The Morgan fingerprint density at radius 1 is 1.25 bits per heavy atom. The number of amides is 2. The van der Waals surface area contributed by atoms with Crippen molar-refractivity contribution in [3.05, 3.63) is 29.3 Å². The summed E-state index contributed by atoms with van der Waals surface area (Å²) in [6.07, 6.45) is 2.00. The first-order valence-corrected chi connectivity index (χ1v) is 6.87. The van der Waals surface area contributed by atoms with Crippen LogP contribution in [0.4, 0.5) is 10.5 Å². The lowest BCUT2D eigenvalue weighted by Gasteiger charge is -2.15. The smallest absolute Gasteiger partial charge is 0.337 e. The molecule has 0 bridgehead atoms. The van der Waals surface area contributed by atoms with Crippen molar-refractivity contribution in [3.63, 3.8) is 0 Å². The van der Waals surface area contributed by atoms with Crippen LogP contribution >= 0.6 is 0 Å². The van der Waals surface area contributed by atoms with Crippen molar-refractivity contribution in [2.75, 3.05) is 11.9 Å². The Kier molecular flexibility index (Phi) is 6.03. The van der Waals surface area contributed by atoms with E-state index >= 15 is 0 Å². The average Bonchev–Trinajstić information content (AvgIpc) is 2.42. The molecular weight excluding hydrogens is 256 g/mol. The molecule has 1 rings (SSSR count). The number of anilines is 1. The minimum atomic E-state index is -1.05. The standard InChI is InChI=1S/C15H22N2O3/c1-4-11(5-2)9-16-15(20)17-13-10(3)7-6-8-12(13)14(18)19/h6-8,11H,4-5,9H2,1-3H3,(H,18,19)(H2,16,17,20). The number of carboxylic acids is 1. The third kappa shape index (κ3) is 4.26. The zero-order valence-electron chi connectivity index (χ0n) is 12.2. The van der Waals surface area contributed by atoms with Gasteiger partial charge < -0.3 is 15.7 Å².